The standard InChI is InChI=1S/C27H21FN4O4S/c28-19-10-8-18(9-11-19)23-13-12-21(36-23)16-29-31-27-32(17-22-7-4-14-35-22)26(34)24(37-27)15-25(33)30-20-5-2-1-3-6-20/h1-14,16,24H,15,17H2,(H,30,33)/b29-16+,31-27-. The Balaban J connectivity index is 1.30. The Bertz CT molecular complexity index is 1430. The summed E-state index contributed by atoms with van der Waals surface area (Å²) in [6.07, 6.45) is 2.93. The van der Waals surface area contributed by atoms with Crippen LogP contribution in [0.25, 0.3) is 11.3 Å². The number of rotatable bonds is 8. The molecule has 1 aliphatic heterocycles. The van der Waals surface area contributed by atoms with Gasteiger partial charge in [0.2, 0.25) is 11.8 Å². The van der Waals surface area contributed by atoms with E-state index >= 15 is 0 Å². The highest BCUT2D eigenvalue weighted by Gasteiger charge is 2.39. The molecule has 5 rings (SSSR count). The van der Waals surface area contributed by atoms with Crippen molar-refractivity contribution in [2.24, 2.45) is 10.2 Å². The van der Waals surface area contributed by atoms with Crippen LogP contribution in [0.4, 0.5) is 10.1 Å². The molecule has 0 radical (unpaired) electrons. The zero-order valence-electron chi connectivity index (χ0n) is 19.4. The van der Waals surface area contributed by atoms with Crippen molar-refractivity contribution in [3.8, 4) is 11.3 Å². The third kappa shape index (κ3) is 6.04. The van der Waals surface area contributed by atoms with Gasteiger partial charge in [-0.3, -0.25) is 14.5 Å². The highest BCUT2D eigenvalue weighted by Crippen LogP contribution is 2.31. The highest BCUT2D eigenvalue weighted by molar-refractivity contribution is 8.15. The lowest BCUT2D eigenvalue weighted by Crippen LogP contribution is -2.33. The van der Waals surface area contributed by atoms with Gasteiger partial charge in [0.15, 0.2) is 5.17 Å². The molecule has 10 heteroatoms. The normalized spacial score (nSPS) is 16.7. The molecule has 37 heavy (non-hydrogen) atoms. The van der Waals surface area contributed by atoms with Crippen LogP contribution in [0.5, 0.6) is 0 Å². The van der Waals surface area contributed by atoms with Gasteiger partial charge in [-0.05, 0) is 60.7 Å². The van der Waals surface area contributed by atoms with Gasteiger partial charge in [-0.25, -0.2) is 4.39 Å². The molecular weight excluding hydrogens is 495 g/mol. The monoisotopic (exact) mass is 516 g/mol. The number of carbonyl (C=O) groups is 2. The van der Waals surface area contributed by atoms with Gasteiger partial charge < -0.3 is 14.2 Å². The minimum Gasteiger partial charge on any atom is -0.467 e. The Hall–Kier alpha value is -4.44. The SMILES string of the molecule is O=C(CC1S/C(=N\N=C\c2ccc(-c3ccc(F)cc3)o2)N(Cc2ccco2)C1=O)Nc1ccccc1. The number of halogens is 1. The number of hydrogen-bond acceptors (Lipinski definition) is 7. The van der Waals surface area contributed by atoms with E-state index in [9.17, 15) is 14.0 Å². The molecule has 1 aliphatic rings. The first-order chi connectivity index (χ1) is 18.0. The number of amides is 2. The van der Waals surface area contributed by atoms with Crippen LogP contribution < -0.4 is 5.32 Å². The summed E-state index contributed by atoms with van der Waals surface area (Å²) < 4.78 is 24.3. The van der Waals surface area contributed by atoms with Crippen molar-refractivity contribution in [1.29, 1.82) is 0 Å². The molecule has 186 valence electrons. The lowest BCUT2D eigenvalue weighted by molar-refractivity contribution is -0.128. The van der Waals surface area contributed by atoms with Gasteiger partial charge in [-0.2, -0.15) is 5.10 Å². The Labute approximate surface area is 215 Å². The predicted molar refractivity (Wildman–Crippen MR) is 139 cm³/mol. The molecule has 8 nitrogen and oxygen atoms in total. The number of para-hydroxylation sites is 1. The summed E-state index contributed by atoms with van der Waals surface area (Å²) in [5.41, 5.74) is 1.39. The van der Waals surface area contributed by atoms with Crippen molar-refractivity contribution in [1.82, 2.24) is 4.90 Å². The summed E-state index contributed by atoms with van der Waals surface area (Å²) >= 11 is 1.17. The molecule has 2 aromatic heterocycles. The van der Waals surface area contributed by atoms with Crippen molar-refractivity contribution in [3.05, 3.63) is 102 Å². The van der Waals surface area contributed by atoms with E-state index in [0.29, 0.717) is 28.1 Å². The number of hydrogen-bond donors (Lipinski definition) is 1. The van der Waals surface area contributed by atoms with Crippen molar-refractivity contribution in [2.75, 3.05) is 5.32 Å². The van der Waals surface area contributed by atoms with Gasteiger partial charge in [0.1, 0.15) is 28.3 Å². The molecular formula is C27H21FN4O4S. The van der Waals surface area contributed by atoms with Gasteiger partial charge in [0.05, 0.1) is 19.0 Å². The summed E-state index contributed by atoms with van der Waals surface area (Å²) in [4.78, 5) is 27.2. The lowest BCUT2D eigenvalue weighted by Gasteiger charge is -2.14. The van der Waals surface area contributed by atoms with Crippen LogP contribution in [0.3, 0.4) is 0 Å². The first-order valence-electron chi connectivity index (χ1n) is 11.4. The van der Waals surface area contributed by atoms with Crippen molar-refractivity contribution >= 4 is 40.6 Å². The zero-order valence-corrected chi connectivity index (χ0v) is 20.2. The zero-order chi connectivity index (χ0) is 25.6. The van der Waals surface area contributed by atoms with E-state index in [1.807, 2.05) is 18.2 Å². The fourth-order valence-corrected chi connectivity index (χ4v) is 4.74. The first kappa shape index (κ1) is 24.3. The number of carbonyl (C=O) groups excluding carboxylic acids is 2. The molecule has 0 bridgehead atoms. The molecule has 1 fully saturated rings. The Morgan fingerprint density at radius 2 is 1.86 bits per heavy atom. The Kier molecular flexibility index (Phi) is 7.27. The number of anilines is 1. The molecule has 1 N–H and O–H groups in total. The lowest BCUT2D eigenvalue weighted by atomic mass is 10.2. The van der Waals surface area contributed by atoms with E-state index in [2.05, 4.69) is 15.5 Å². The Morgan fingerprint density at radius 1 is 1.05 bits per heavy atom. The van der Waals surface area contributed by atoms with E-state index in [0.717, 1.165) is 5.56 Å². The molecule has 0 saturated carbocycles. The summed E-state index contributed by atoms with van der Waals surface area (Å²) in [7, 11) is 0. The van der Waals surface area contributed by atoms with Gasteiger partial charge in [-0.1, -0.05) is 30.0 Å². The summed E-state index contributed by atoms with van der Waals surface area (Å²) in [6, 6.07) is 22.0. The minimum atomic E-state index is -0.652. The quantitative estimate of drug-likeness (QED) is 0.245. The van der Waals surface area contributed by atoms with Gasteiger partial charge in [-0.15, -0.1) is 5.10 Å². The van der Waals surface area contributed by atoms with Gasteiger partial charge in [0.25, 0.3) is 0 Å². The molecule has 4 aromatic rings. The number of nitrogens with zero attached hydrogens (tertiary/aromatic N) is 3. The number of benzene rings is 2. The number of furan rings is 2. The molecule has 0 spiro atoms. The fraction of sp³-hybridized carbons (Fsp3) is 0.111. The van der Waals surface area contributed by atoms with Gasteiger partial charge >= 0.3 is 0 Å². The second-order valence-electron chi connectivity index (χ2n) is 8.06. The molecule has 2 amide bonds. The van der Waals surface area contributed by atoms with Crippen molar-refractivity contribution in [2.45, 2.75) is 18.2 Å². The maximum atomic E-state index is 13.2. The largest absolute Gasteiger partial charge is 0.467 e. The fourth-order valence-electron chi connectivity index (χ4n) is 3.65. The second kappa shape index (κ2) is 11.1. The van der Waals surface area contributed by atoms with Crippen LogP contribution in [0.2, 0.25) is 0 Å². The number of amidine groups is 1. The van der Waals surface area contributed by atoms with E-state index < -0.39 is 5.25 Å². The van der Waals surface area contributed by atoms with E-state index in [-0.39, 0.29) is 30.6 Å². The van der Waals surface area contributed by atoms with Crippen LogP contribution in [0.15, 0.2) is 104 Å². The first-order valence-corrected chi connectivity index (χ1v) is 12.3. The highest BCUT2D eigenvalue weighted by atomic mass is 32.2. The molecule has 3 heterocycles. The van der Waals surface area contributed by atoms with Crippen molar-refractivity contribution < 1.29 is 22.8 Å². The van der Waals surface area contributed by atoms with E-state index in [4.69, 9.17) is 8.83 Å². The average molecular weight is 517 g/mol. The summed E-state index contributed by atoms with van der Waals surface area (Å²) in [5, 5.41) is 10.8. The predicted octanol–water partition coefficient (Wildman–Crippen LogP) is 5.54. The number of nitrogens with one attached hydrogen (secondary N) is 1. The van der Waals surface area contributed by atoms with Crippen LogP contribution in [0, 0.1) is 5.82 Å². The number of thioether (sulfide) groups is 1. The molecule has 1 saturated heterocycles. The maximum Gasteiger partial charge on any atom is 0.243 e. The van der Waals surface area contributed by atoms with Crippen LogP contribution in [0.1, 0.15) is 17.9 Å². The van der Waals surface area contributed by atoms with Crippen LogP contribution >= 0.6 is 11.8 Å². The maximum absolute atomic E-state index is 13.2. The van der Waals surface area contributed by atoms with Gasteiger partial charge in [0, 0.05) is 17.7 Å². The molecule has 2 aromatic carbocycles. The second-order valence-corrected chi connectivity index (χ2v) is 9.23. The summed E-state index contributed by atoms with van der Waals surface area (Å²) in [6.45, 7) is 0.166. The van der Waals surface area contributed by atoms with Crippen LogP contribution in [-0.2, 0) is 16.1 Å². The smallest absolute Gasteiger partial charge is 0.243 e. The van der Waals surface area contributed by atoms with Crippen molar-refractivity contribution in [3.63, 3.8) is 0 Å². The molecule has 1 atom stereocenters. The van der Waals surface area contributed by atoms with E-state index in [1.165, 1.54) is 41.3 Å². The molecule has 1 unspecified atom stereocenters. The van der Waals surface area contributed by atoms with E-state index in [1.54, 1.807) is 48.5 Å². The third-order valence-corrected chi connectivity index (χ3v) is 6.59. The van der Waals surface area contributed by atoms with Crippen LogP contribution in [-0.4, -0.2) is 33.3 Å². The topological polar surface area (TPSA) is 100 Å². The minimum absolute atomic E-state index is 0.0189. The molecule has 0 aliphatic carbocycles. The average Bonchev–Trinajstić information content (AvgIpc) is 3.64. The summed E-state index contributed by atoms with van der Waals surface area (Å²) in [5.74, 6) is 0.720. The Morgan fingerprint density at radius 3 is 2.62 bits per heavy atom. The third-order valence-electron chi connectivity index (χ3n) is 5.43.